The van der Waals surface area contributed by atoms with Gasteiger partial charge in [0.15, 0.2) is 0 Å². The Balaban J connectivity index is 2.07. The minimum absolute atomic E-state index is 0.101. The standard InChI is InChI=1S/C12H13F2N3/c13-11(14)6-3-8-1-4-9(5-2-8)10-7-12(15)17-16-10/h1-2,4-5,7,11H,3,6H2,(H3,15,16,17). The molecule has 0 radical (unpaired) electrons. The number of rotatable bonds is 4. The highest BCUT2D eigenvalue weighted by molar-refractivity contribution is 5.62. The quantitative estimate of drug-likeness (QED) is 0.859. The largest absolute Gasteiger partial charge is 0.382 e. The van der Waals surface area contributed by atoms with Crippen LogP contribution in [0.3, 0.4) is 0 Å². The monoisotopic (exact) mass is 237 g/mol. The lowest BCUT2D eigenvalue weighted by atomic mass is 10.1. The summed E-state index contributed by atoms with van der Waals surface area (Å²) in [6.45, 7) is 0. The van der Waals surface area contributed by atoms with Gasteiger partial charge in [-0.1, -0.05) is 24.3 Å². The first-order chi connectivity index (χ1) is 8.15. The topological polar surface area (TPSA) is 54.7 Å². The van der Waals surface area contributed by atoms with Crippen molar-refractivity contribution in [2.45, 2.75) is 19.3 Å². The van der Waals surface area contributed by atoms with Crippen molar-refractivity contribution in [3.8, 4) is 11.3 Å². The van der Waals surface area contributed by atoms with Crippen LogP contribution in [0.4, 0.5) is 14.6 Å². The molecular formula is C12H13F2N3. The fourth-order valence-electron chi connectivity index (χ4n) is 1.61. The third-order valence-corrected chi connectivity index (χ3v) is 2.51. The van der Waals surface area contributed by atoms with Crippen molar-refractivity contribution in [3.05, 3.63) is 35.9 Å². The summed E-state index contributed by atoms with van der Waals surface area (Å²) in [6, 6.07) is 9.15. The Hall–Kier alpha value is -1.91. The molecule has 0 atom stereocenters. The van der Waals surface area contributed by atoms with Gasteiger partial charge >= 0.3 is 0 Å². The Morgan fingerprint density at radius 3 is 2.47 bits per heavy atom. The molecule has 0 aliphatic carbocycles. The van der Waals surface area contributed by atoms with Gasteiger partial charge in [0.1, 0.15) is 5.82 Å². The molecule has 90 valence electrons. The number of nitrogens with one attached hydrogen (secondary N) is 1. The number of H-pyrrole nitrogens is 1. The second kappa shape index (κ2) is 4.95. The molecule has 0 amide bonds. The summed E-state index contributed by atoms with van der Waals surface area (Å²) in [5.41, 5.74) is 8.17. The van der Waals surface area contributed by atoms with Crippen molar-refractivity contribution in [1.29, 1.82) is 0 Å². The molecule has 1 aromatic carbocycles. The van der Waals surface area contributed by atoms with E-state index in [4.69, 9.17) is 5.73 Å². The Morgan fingerprint density at radius 1 is 1.24 bits per heavy atom. The first kappa shape index (κ1) is 11.6. The molecular weight excluding hydrogens is 224 g/mol. The molecule has 3 nitrogen and oxygen atoms in total. The Kier molecular flexibility index (Phi) is 3.37. The lowest BCUT2D eigenvalue weighted by Gasteiger charge is -2.02. The van der Waals surface area contributed by atoms with Crippen LogP contribution in [0.2, 0.25) is 0 Å². The first-order valence-corrected chi connectivity index (χ1v) is 5.33. The van der Waals surface area contributed by atoms with Crippen molar-refractivity contribution in [2.24, 2.45) is 0 Å². The van der Waals surface area contributed by atoms with Gasteiger partial charge in [-0.05, 0) is 17.5 Å². The number of anilines is 1. The Bertz CT molecular complexity index is 477. The number of benzene rings is 1. The summed E-state index contributed by atoms with van der Waals surface area (Å²) in [4.78, 5) is 0. The van der Waals surface area contributed by atoms with Gasteiger partial charge in [0.25, 0.3) is 0 Å². The maximum Gasteiger partial charge on any atom is 0.239 e. The van der Waals surface area contributed by atoms with Gasteiger partial charge in [-0.3, -0.25) is 5.10 Å². The van der Waals surface area contributed by atoms with E-state index in [1.165, 1.54) is 0 Å². The normalized spacial score (nSPS) is 11.0. The highest BCUT2D eigenvalue weighted by atomic mass is 19.3. The van der Waals surface area contributed by atoms with Gasteiger partial charge in [0, 0.05) is 12.5 Å². The summed E-state index contributed by atoms with van der Waals surface area (Å²) in [6.07, 6.45) is -1.96. The molecule has 5 heteroatoms. The Labute approximate surface area is 97.7 Å². The number of nitrogens with zero attached hydrogens (tertiary/aromatic N) is 1. The van der Waals surface area contributed by atoms with Gasteiger partial charge in [-0.15, -0.1) is 0 Å². The number of aryl methyl sites for hydroxylation is 1. The molecule has 0 aliphatic heterocycles. The van der Waals surface area contributed by atoms with Crippen LogP contribution in [0.25, 0.3) is 11.3 Å². The number of hydrogen-bond donors (Lipinski definition) is 2. The van der Waals surface area contributed by atoms with E-state index in [1.54, 1.807) is 6.07 Å². The molecule has 0 saturated carbocycles. The number of nitrogen functional groups attached to an aromatic ring is 1. The molecule has 2 aromatic rings. The predicted molar refractivity (Wildman–Crippen MR) is 62.8 cm³/mol. The summed E-state index contributed by atoms with van der Waals surface area (Å²) in [7, 11) is 0. The number of halogens is 2. The number of nitrogens with two attached hydrogens (primary N) is 1. The summed E-state index contributed by atoms with van der Waals surface area (Å²) in [5.74, 6) is 0.432. The number of aromatic nitrogens is 2. The molecule has 2 rings (SSSR count). The van der Waals surface area contributed by atoms with Crippen LogP contribution in [-0.4, -0.2) is 16.6 Å². The van der Waals surface area contributed by atoms with Gasteiger partial charge in [-0.25, -0.2) is 8.78 Å². The number of aromatic amines is 1. The number of hydrogen-bond acceptors (Lipinski definition) is 2. The van der Waals surface area contributed by atoms with E-state index in [0.29, 0.717) is 12.2 Å². The van der Waals surface area contributed by atoms with Crippen molar-refractivity contribution < 1.29 is 8.78 Å². The molecule has 0 unspecified atom stereocenters. The van der Waals surface area contributed by atoms with Crippen LogP contribution < -0.4 is 5.73 Å². The summed E-state index contributed by atoms with van der Waals surface area (Å²) >= 11 is 0. The van der Waals surface area contributed by atoms with Crippen LogP contribution in [-0.2, 0) is 6.42 Å². The molecule has 0 spiro atoms. The molecule has 0 bridgehead atoms. The zero-order valence-corrected chi connectivity index (χ0v) is 9.16. The average molecular weight is 237 g/mol. The second-order valence-corrected chi connectivity index (χ2v) is 3.83. The van der Waals surface area contributed by atoms with E-state index < -0.39 is 6.43 Å². The van der Waals surface area contributed by atoms with Gasteiger partial charge < -0.3 is 5.73 Å². The van der Waals surface area contributed by atoms with E-state index in [9.17, 15) is 8.78 Å². The molecule has 0 fully saturated rings. The van der Waals surface area contributed by atoms with Gasteiger partial charge in [-0.2, -0.15) is 5.10 Å². The Morgan fingerprint density at radius 2 is 1.94 bits per heavy atom. The maximum atomic E-state index is 12.0. The molecule has 1 heterocycles. The zero-order valence-electron chi connectivity index (χ0n) is 9.16. The van der Waals surface area contributed by atoms with Crippen molar-refractivity contribution >= 4 is 5.82 Å². The highest BCUT2D eigenvalue weighted by Crippen LogP contribution is 2.19. The van der Waals surface area contributed by atoms with E-state index in [1.807, 2.05) is 24.3 Å². The highest BCUT2D eigenvalue weighted by Gasteiger charge is 2.04. The van der Waals surface area contributed by atoms with Crippen LogP contribution in [0.1, 0.15) is 12.0 Å². The molecule has 1 aromatic heterocycles. The molecule has 0 saturated heterocycles. The van der Waals surface area contributed by atoms with Crippen molar-refractivity contribution in [3.63, 3.8) is 0 Å². The summed E-state index contributed by atoms with van der Waals surface area (Å²) in [5, 5.41) is 6.62. The van der Waals surface area contributed by atoms with E-state index in [2.05, 4.69) is 10.2 Å². The van der Waals surface area contributed by atoms with E-state index in [0.717, 1.165) is 16.8 Å². The van der Waals surface area contributed by atoms with Crippen molar-refractivity contribution in [2.75, 3.05) is 5.73 Å². The maximum absolute atomic E-state index is 12.0. The third-order valence-electron chi connectivity index (χ3n) is 2.51. The zero-order chi connectivity index (χ0) is 12.3. The van der Waals surface area contributed by atoms with Gasteiger partial charge in [0.05, 0.1) is 5.69 Å². The average Bonchev–Trinajstić information content (AvgIpc) is 2.74. The van der Waals surface area contributed by atoms with E-state index in [-0.39, 0.29) is 6.42 Å². The lowest BCUT2D eigenvalue weighted by Crippen LogP contribution is -1.94. The van der Waals surface area contributed by atoms with Crippen LogP contribution in [0.5, 0.6) is 0 Å². The fourth-order valence-corrected chi connectivity index (χ4v) is 1.61. The van der Waals surface area contributed by atoms with Gasteiger partial charge in [0.2, 0.25) is 6.43 Å². The van der Waals surface area contributed by atoms with Crippen LogP contribution >= 0.6 is 0 Å². The summed E-state index contributed by atoms with van der Waals surface area (Å²) < 4.78 is 24.1. The third kappa shape index (κ3) is 3.03. The lowest BCUT2D eigenvalue weighted by molar-refractivity contribution is 0.138. The fraction of sp³-hybridized carbons (Fsp3) is 0.250. The SMILES string of the molecule is Nc1cc(-c2ccc(CCC(F)F)cc2)[nH]n1. The minimum atomic E-state index is -2.25. The van der Waals surface area contributed by atoms with Crippen LogP contribution in [0, 0.1) is 0 Å². The molecule has 17 heavy (non-hydrogen) atoms. The minimum Gasteiger partial charge on any atom is -0.382 e. The second-order valence-electron chi connectivity index (χ2n) is 3.83. The molecule has 3 N–H and O–H groups in total. The smallest absolute Gasteiger partial charge is 0.239 e. The first-order valence-electron chi connectivity index (χ1n) is 5.33. The molecule has 0 aliphatic rings. The predicted octanol–water partition coefficient (Wildman–Crippen LogP) is 2.86. The van der Waals surface area contributed by atoms with E-state index >= 15 is 0 Å². The van der Waals surface area contributed by atoms with Crippen LogP contribution in [0.15, 0.2) is 30.3 Å². The number of alkyl halides is 2. The van der Waals surface area contributed by atoms with Crippen molar-refractivity contribution in [1.82, 2.24) is 10.2 Å².